The van der Waals surface area contributed by atoms with E-state index in [0.717, 1.165) is 24.4 Å². The molecule has 0 spiro atoms. The number of hydrogen-bond acceptors (Lipinski definition) is 3. The first-order valence-corrected chi connectivity index (χ1v) is 7.35. The number of rotatable bonds is 2. The van der Waals surface area contributed by atoms with E-state index in [9.17, 15) is 4.79 Å². The molecule has 0 aromatic carbocycles. The Morgan fingerprint density at radius 2 is 2.28 bits per heavy atom. The van der Waals surface area contributed by atoms with Crippen molar-refractivity contribution >= 4 is 17.2 Å². The molecule has 1 aliphatic rings. The second-order valence-electron chi connectivity index (χ2n) is 6.13. The molecule has 0 radical (unpaired) electrons. The highest BCUT2D eigenvalue weighted by atomic mass is 32.1. The third-order valence-electron chi connectivity index (χ3n) is 3.84. The maximum Gasteiger partial charge on any atom is 0.244 e. The number of likely N-dealkylation sites (tertiary alicyclic amines) is 1. The van der Waals surface area contributed by atoms with Crippen LogP contribution in [0, 0.1) is 11.3 Å². The summed E-state index contributed by atoms with van der Waals surface area (Å²) in [6, 6.07) is 3.39. The standard InChI is InChI=1S/C14H22N2OS/c1-14(2,3)10-6-7-16(9-10)13(17)12(15)11-5-4-8-18-11/h4-5,8,10,12H,6-7,9,15H2,1-3H3. The van der Waals surface area contributed by atoms with Gasteiger partial charge in [0.1, 0.15) is 6.04 Å². The van der Waals surface area contributed by atoms with Crippen molar-refractivity contribution in [1.29, 1.82) is 0 Å². The summed E-state index contributed by atoms with van der Waals surface area (Å²) in [6.07, 6.45) is 1.09. The third-order valence-corrected chi connectivity index (χ3v) is 4.80. The maximum absolute atomic E-state index is 12.3. The van der Waals surface area contributed by atoms with Crippen LogP contribution in [0.1, 0.15) is 38.1 Å². The van der Waals surface area contributed by atoms with Crippen LogP contribution in [0.2, 0.25) is 0 Å². The zero-order valence-corrected chi connectivity index (χ0v) is 12.2. The van der Waals surface area contributed by atoms with E-state index >= 15 is 0 Å². The van der Waals surface area contributed by atoms with Gasteiger partial charge in [-0.25, -0.2) is 0 Å². The van der Waals surface area contributed by atoms with Crippen LogP contribution < -0.4 is 5.73 Å². The lowest BCUT2D eigenvalue weighted by molar-refractivity contribution is -0.131. The van der Waals surface area contributed by atoms with E-state index in [-0.39, 0.29) is 11.3 Å². The Balaban J connectivity index is 2.00. The highest BCUT2D eigenvalue weighted by molar-refractivity contribution is 7.10. The first-order valence-electron chi connectivity index (χ1n) is 6.47. The minimum atomic E-state index is -0.483. The molecule has 1 aromatic heterocycles. The number of thiophene rings is 1. The zero-order chi connectivity index (χ0) is 13.3. The Bertz CT molecular complexity index is 408. The summed E-state index contributed by atoms with van der Waals surface area (Å²) in [5, 5.41) is 1.96. The van der Waals surface area contributed by atoms with E-state index in [1.165, 1.54) is 0 Å². The predicted octanol–water partition coefficient (Wildman–Crippen LogP) is 2.64. The third kappa shape index (κ3) is 2.75. The first-order chi connectivity index (χ1) is 8.39. The smallest absolute Gasteiger partial charge is 0.244 e. The fraction of sp³-hybridized carbons (Fsp3) is 0.643. The van der Waals surface area contributed by atoms with Crippen LogP contribution in [0.25, 0.3) is 0 Å². The second-order valence-corrected chi connectivity index (χ2v) is 7.11. The Morgan fingerprint density at radius 3 is 2.78 bits per heavy atom. The molecule has 1 saturated heterocycles. The number of nitrogens with zero attached hydrogens (tertiary/aromatic N) is 1. The normalized spacial score (nSPS) is 22.2. The van der Waals surface area contributed by atoms with Crippen LogP contribution in [0.3, 0.4) is 0 Å². The molecule has 2 N–H and O–H groups in total. The largest absolute Gasteiger partial charge is 0.341 e. The quantitative estimate of drug-likeness (QED) is 0.894. The molecule has 0 aliphatic carbocycles. The number of nitrogens with two attached hydrogens (primary N) is 1. The van der Waals surface area contributed by atoms with Crippen LogP contribution in [-0.2, 0) is 4.79 Å². The van der Waals surface area contributed by atoms with Gasteiger partial charge in [-0.3, -0.25) is 4.79 Å². The average molecular weight is 266 g/mol. The molecule has 0 bridgehead atoms. The summed E-state index contributed by atoms with van der Waals surface area (Å²) in [5.74, 6) is 0.654. The molecule has 18 heavy (non-hydrogen) atoms. The van der Waals surface area contributed by atoms with E-state index in [0.29, 0.717) is 5.92 Å². The zero-order valence-electron chi connectivity index (χ0n) is 11.3. The van der Waals surface area contributed by atoms with Gasteiger partial charge in [0.2, 0.25) is 5.91 Å². The van der Waals surface area contributed by atoms with Gasteiger partial charge in [-0.2, -0.15) is 0 Å². The van der Waals surface area contributed by atoms with E-state index in [1.54, 1.807) is 11.3 Å². The molecular formula is C14H22N2OS. The second kappa shape index (κ2) is 5.02. The lowest BCUT2D eigenvalue weighted by atomic mass is 9.80. The summed E-state index contributed by atoms with van der Waals surface area (Å²) >= 11 is 1.55. The number of carbonyl (C=O) groups is 1. The SMILES string of the molecule is CC(C)(C)C1CCN(C(=O)C(N)c2cccs2)C1. The van der Waals surface area contributed by atoms with Gasteiger partial charge >= 0.3 is 0 Å². The van der Waals surface area contributed by atoms with Crippen molar-refractivity contribution in [2.45, 2.75) is 33.2 Å². The van der Waals surface area contributed by atoms with Gasteiger partial charge in [0.25, 0.3) is 0 Å². The van der Waals surface area contributed by atoms with Gasteiger partial charge in [-0.1, -0.05) is 26.8 Å². The highest BCUT2D eigenvalue weighted by Crippen LogP contribution is 2.34. The van der Waals surface area contributed by atoms with Crippen molar-refractivity contribution in [2.75, 3.05) is 13.1 Å². The molecule has 1 aromatic rings. The molecule has 2 rings (SSSR count). The van der Waals surface area contributed by atoms with Crippen molar-refractivity contribution in [3.8, 4) is 0 Å². The fourth-order valence-electron chi connectivity index (χ4n) is 2.45. The van der Waals surface area contributed by atoms with Gasteiger partial charge in [-0.15, -0.1) is 11.3 Å². The van der Waals surface area contributed by atoms with Crippen LogP contribution in [0.15, 0.2) is 17.5 Å². The summed E-state index contributed by atoms with van der Waals surface area (Å²) < 4.78 is 0. The minimum Gasteiger partial charge on any atom is -0.341 e. The minimum absolute atomic E-state index is 0.0733. The number of carbonyl (C=O) groups excluding carboxylic acids is 1. The fourth-order valence-corrected chi connectivity index (χ4v) is 3.17. The summed E-state index contributed by atoms with van der Waals surface area (Å²) in [5.41, 5.74) is 6.30. The first kappa shape index (κ1) is 13.6. The molecule has 2 heterocycles. The van der Waals surface area contributed by atoms with Gasteiger partial charge in [0, 0.05) is 18.0 Å². The molecule has 0 saturated carbocycles. The Hall–Kier alpha value is -0.870. The van der Waals surface area contributed by atoms with E-state index in [1.807, 2.05) is 22.4 Å². The van der Waals surface area contributed by atoms with Crippen LogP contribution in [0.5, 0.6) is 0 Å². The summed E-state index contributed by atoms with van der Waals surface area (Å²) in [7, 11) is 0. The van der Waals surface area contributed by atoms with Crippen molar-refractivity contribution in [3.05, 3.63) is 22.4 Å². The molecule has 1 fully saturated rings. The molecule has 2 unspecified atom stereocenters. The highest BCUT2D eigenvalue weighted by Gasteiger charge is 2.35. The molecule has 4 heteroatoms. The monoisotopic (exact) mass is 266 g/mol. The average Bonchev–Trinajstić information content (AvgIpc) is 2.96. The van der Waals surface area contributed by atoms with E-state index in [4.69, 9.17) is 5.73 Å². The number of amides is 1. The lowest BCUT2D eigenvalue weighted by Gasteiger charge is -2.27. The van der Waals surface area contributed by atoms with Crippen molar-refractivity contribution in [1.82, 2.24) is 4.90 Å². The van der Waals surface area contributed by atoms with Gasteiger partial charge < -0.3 is 10.6 Å². The van der Waals surface area contributed by atoms with Crippen molar-refractivity contribution in [3.63, 3.8) is 0 Å². The van der Waals surface area contributed by atoms with Gasteiger partial charge in [0.05, 0.1) is 0 Å². The topological polar surface area (TPSA) is 46.3 Å². The molecule has 1 amide bonds. The molecule has 3 nitrogen and oxygen atoms in total. The summed E-state index contributed by atoms with van der Waals surface area (Å²) in [4.78, 5) is 15.2. The van der Waals surface area contributed by atoms with Crippen LogP contribution in [-0.4, -0.2) is 23.9 Å². The Kier molecular flexibility index (Phi) is 3.78. The Morgan fingerprint density at radius 1 is 1.56 bits per heavy atom. The Labute approximate surface area is 113 Å². The van der Waals surface area contributed by atoms with Crippen molar-refractivity contribution in [2.24, 2.45) is 17.1 Å². The maximum atomic E-state index is 12.3. The number of hydrogen-bond donors (Lipinski definition) is 1. The molecular weight excluding hydrogens is 244 g/mol. The van der Waals surface area contributed by atoms with E-state index in [2.05, 4.69) is 20.8 Å². The van der Waals surface area contributed by atoms with Crippen molar-refractivity contribution < 1.29 is 4.79 Å². The van der Waals surface area contributed by atoms with E-state index < -0.39 is 6.04 Å². The molecule has 100 valence electrons. The predicted molar refractivity (Wildman–Crippen MR) is 75.4 cm³/mol. The molecule has 2 atom stereocenters. The van der Waals surface area contributed by atoms with Gasteiger partial charge in [0.15, 0.2) is 0 Å². The van der Waals surface area contributed by atoms with Gasteiger partial charge in [-0.05, 0) is 29.2 Å². The molecule has 1 aliphatic heterocycles. The van der Waals surface area contributed by atoms with Crippen LogP contribution in [0.4, 0.5) is 0 Å². The summed E-state index contributed by atoms with van der Waals surface area (Å²) in [6.45, 7) is 8.42. The lowest BCUT2D eigenvalue weighted by Crippen LogP contribution is -2.37. The van der Waals surface area contributed by atoms with Crippen LogP contribution >= 0.6 is 11.3 Å².